The van der Waals surface area contributed by atoms with Gasteiger partial charge in [-0.3, -0.25) is 9.59 Å². The Hall–Kier alpha value is -3.22. The lowest BCUT2D eigenvalue weighted by Gasteiger charge is -2.19. The maximum absolute atomic E-state index is 12.3. The fraction of sp³-hybridized carbons (Fsp3) is 0.250. The summed E-state index contributed by atoms with van der Waals surface area (Å²) in [6.45, 7) is 11.5. The number of esters is 1. The highest BCUT2D eigenvalue weighted by molar-refractivity contribution is 7.89. The molecule has 2 N–H and O–H groups in total. The Morgan fingerprint density at radius 3 is 2.14 bits per heavy atom. The average molecular weight is 415 g/mol. The van der Waals surface area contributed by atoms with Gasteiger partial charge in [-0.2, -0.15) is 4.72 Å². The van der Waals surface area contributed by atoms with Crippen molar-refractivity contribution in [2.45, 2.75) is 31.3 Å². The number of nitrogens with one attached hydrogen (secondary N) is 2. The van der Waals surface area contributed by atoms with Crippen molar-refractivity contribution in [3.05, 3.63) is 65.5 Å². The first-order chi connectivity index (χ1) is 13.5. The van der Waals surface area contributed by atoms with Crippen LogP contribution in [0.3, 0.4) is 0 Å². The second kappa shape index (κ2) is 8.86. The number of nitrogens with zero attached hydrogens (tertiary/aromatic N) is 1. The summed E-state index contributed by atoms with van der Waals surface area (Å²) >= 11 is 0. The van der Waals surface area contributed by atoms with Crippen molar-refractivity contribution in [3.63, 3.8) is 0 Å². The quantitative estimate of drug-likeness (QED) is 0.557. The summed E-state index contributed by atoms with van der Waals surface area (Å²) in [7, 11) is -3.91. The van der Waals surface area contributed by atoms with E-state index in [9.17, 15) is 18.0 Å². The molecule has 0 saturated heterocycles. The lowest BCUT2D eigenvalue weighted by molar-refractivity contribution is -0.153. The zero-order chi connectivity index (χ0) is 21.7. The minimum atomic E-state index is -3.91. The first-order valence-corrected chi connectivity index (χ1v) is 10.1. The molecule has 0 bridgehead atoms. The largest absolute Gasteiger partial charge is 0.459 e. The van der Waals surface area contributed by atoms with Gasteiger partial charge in [-0.15, -0.1) is 0 Å². The summed E-state index contributed by atoms with van der Waals surface area (Å²) in [6, 6.07) is 11.6. The first kappa shape index (κ1) is 22.1. The number of sulfonamides is 1. The van der Waals surface area contributed by atoms with E-state index in [0.29, 0.717) is 16.9 Å². The van der Waals surface area contributed by atoms with Crippen LogP contribution in [-0.4, -0.2) is 32.4 Å². The van der Waals surface area contributed by atoms with Gasteiger partial charge in [0.05, 0.1) is 11.5 Å². The molecular weight excluding hydrogens is 394 g/mol. The van der Waals surface area contributed by atoms with Crippen LogP contribution in [0.25, 0.3) is 4.85 Å². The summed E-state index contributed by atoms with van der Waals surface area (Å²) in [5.74, 6) is -1.07. The van der Waals surface area contributed by atoms with Crippen molar-refractivity contribution in [3.8, 4) is 0 Å². The molecule has 0 atom stereocenters. The summed E-state index contributed by atoms with van der Waals surface area (Å²) in [5, 5.41) is 2.64. The van der Waals surface area contributed by atoms with Crippen molar-refractivity contribution in [1.82, 2.24) is 4.72 Å². The number of amides is 1. The molecule has 0 aromatic heterocycles. The standard InChI is InChI=1S/C20H21N3O5S/c1-20(2,3)28-18(24)13-22-29(26,27)17-11-9-16(10-12-17)23-19(25)14-5-7-15(21-4)8-6-14/h5-12,22H,13H2,1-3H3,(H,23,25). The van der Waals surface area contributed by atoms with E-state index in [0.717, 1.165) is 0 Å². The summed E-state index contributed by atoms with van der Waals surface area (Å²) < 4.78 is 31.8. The van der Waals surface area contributed by atoms with Gasteiger partial charge in [-0.05, 0) is 45.0 Å². The molecule has 2 rings (SSSR count). The van der Waals surface area contributed by atoms with E-state index in [1.165, 1.54) is 48.5 Å². The summed E-state index contributed by atoms with van der Waals surface area (Å²) in [6.07, 6.45) is 0. The number of hydrogen-bond acceptors (Lipinski definition) is 5. The van der Waals surface area contributed by atoms with E-state index in [2.05, 4.69) is 14.9 Å². The van der Waals surface area contributed by atoms with Gasteiger partial charge in [0, 0.05) is 11.3 Å². The minimum absolute atomic E-state index is 0.0551. The van der Waals surface area contributed by atoms with Crippen LogP contribution in [0.2, 0.25) is 0 Å². The van der Waals surface area contributed by atoms with E-state index < -0.39 is 28.1 Å². The third kappa shape index (κ3) is 6.71. The second-order valence-electron chi connectivity index (χ2n) is 7.05. The van der Waals surface area contributed by atoms with Crippen molar-refractivity contribution in [1.29, 1.82) is 0 Å². The van der Waals surface area contributed by atoms with Crippen molar-refractivity contribution in [2.24, 2.45) is 0 Å². The summed E-state index contributed by atoms with van der Waals surface area (Å²) in [4.78, 5) is 27.1. The molecule has 0 saturated carbocycles. The smallest absolute Gasteiger partial charge is 0.321 e. The Morgan fingerprint density at radius 1 is 1.03 bits per heavy atom. The molecule has 152 valence electrons. The van der Waals surface area contributed by atoms with Crippen LogP contribution in [0.4, 0.5) is 11.4 Å². The lowest BCUT2D eigenvalue weighted by atomic mass is 10.2. The highest BCUT2D eigenvalue weighted by Crippen LogP contribution is 2.17. The zero-order valence-corrected chi connectivity index (χ0v) is 17.0. The zero-order valence-electron chi connectivity index (χ0n) is 16.2. The number of hydrogen-bond donors (Lipinski definition) is 2. The van der Waals surface area contributed by atoms with Crippen LogP contribution in [0.5, 0.6) is 0 Å². The van der Waals surface area contributed by atoms with Crippen LogP contribution >= 0.6 is 0 Å². The molecule has 2 aromatic carbocycles. The number of benzene rings is 2. The molecule has 9 heteroatoms. The van der Waals surface area contributed by atoms with E-state index >= 15 is 0 Å². The Labute approximate surface area is 169 Å². The molecule has 0 radical (unpaired) electrons. The van der Waals surface area contributed by atoms with Crippen molar-refractivity contribution in [2.75, 3.05) is 11.9 Å². The number of carbonyl (C=O) groups is 2. The van der Waals surface area contributed by atoms with Gasteiger partial charge in [-0.25, -0.2) is 13.3 Å². The molecule has 0 aliphatic rings. The van der Waals surface area contributed by atoms with E-state index in [-0.39, 0.29) is 10.8 Å². The third-order valence-electron chi connectivity index (χ3n) is 3.51. The van der Waals surface area contributed by atoms with E-state index in [4.69, 9.17) is 11.3 Å². The Morgan fingerprint density at radius 2 is 1.62 bits per heavy atom. The molecule has 0 fully saturated rings. The monoisotopic (exact) mass is 415 g/mol. The Bertz CT molecular complexity index is 1030. The third-order valence-corrected chi connectivity index (χ3v) is 4.92. The molecule has 0 heterocycles. The second-order valence-corrected chi connectivity index (χ2v) is 8.82. The number of anilines is 1. The maximum Gasteiger partial charge on any atom is 0.321 e. The molecule has 0 aliphatic heterocycles. The highest BCUT2D eigenvalue weighted by Gasteiger charge is 2.20. The van der Waals surface area contributed by atoms with Crippen LogP contribution in [0, 0.1) is 6.57 Å². The van der Waals surface area contributed by atoms with Crippen molar-refractivity contribution < 1.29 is 22.7 Å². The van der Waals surface area contributed by atoms with Gasteiger partial charge >= 0.3 is 5.97 Å². The molecule has 1 amide bonds. The van der Waals surface area contributed by atoms with Gasteiger partial charge in [0.2, 0.25) is 10.0 Å². The van der Waals surface area contributed by atoms with Crippen LogP contribution in [0.15, 0.2) is 53.4 Å². The predicted molar refractivity (Wildman–Crippen MR) is 108 cm³/mol. The number of ether oxygens (including phenoxy) is 1. The SMILES string of the molecule is [C-]#[N+]c1ccc(C(=O)Nc2ccc(S(=O)(=O)NCC(=O)OC(C)(C)C)cc2)cc1. The molecule has 29 heavy (non-hydrogen) atoms. The summed E-state index contributed by atoms with van der Waals surface area (Å²) in [5.41, 5.74) is 0.483. The first-order valence-electron chi connectivity index (χ1n) is 8.61. The predicted octanol–water partition coefficient (Wildman–Crippen LogP) is 3.11. The van der Waals surface area contributed by atoms with E-state index in [1.807, 2.05) is 0 Å². The Kier molecular flexibility index (Phi) is 6.74. The minimum Gasteiger partial charge on any atom is -0.459 e. The fourth-order valence-corrected chi connectivity index (χ4v) is 3.19. The van der Waals surface area contributed by atoms with Gasteiger partial charge in [0.1, 0.15) is 12.1 Å². The molecule has 0 spiro atoms. The van der Waals surface area contributed by atoms with Gasteiger partial charge < -0.3 is 10.1 Å². The molecule has 2 aromatic rings. The van der Waals surface area contributed by atoms with Crippen molar-refractivity contribution >= 4 is 33.3 Å². The Balaban J connectivity index is 2.00. The molecule has 0 unspecified atom stereocenters. The highest BCUT2D eigenvalue weighted by atomic mass is 32.2. The maximum atomic E-state index is 12.3. The van der Waals surface area contributed by atoms with Crippen LogP contribution < -0.4 is 10.0 Å². The average Bonchev–Trinajstić information content (AvgIpc) is 2.65. The molecule has 0 aliphatic carbocycles. The van der Waals surface area contributed by atoms with E-state index in [1.54, 1.807) is 20.8 Å². The topological polar surface area (TPSA) is 106 Å². The lowest BCUT2D eigenvalue weighted by Crippen LogP contribution is -2.34. The van der Waals surface area contributed by atoms with Crippen LogP contribution in [0.1, 0.15) is 31.1 Å². The van der Waals surface area contributed by atoms with Gasteiger partial charge in [0.25, 0.3) is 5.91 Å². The molecule has 8 nitrogen and oxygen atoms in total. The normalized spacial score (nSPS) is 11.4. The molecular formula is C20H21N3O5S. The van der Waals surface area contributed by atoms with Crippen LogP contribution in [-0.2, 0) is 19.6 Å². The number of carbonyl (C=O) groups excluding carboxylic acids is 2. The number of rotatable bonds is 6. The fourth-order valence-electron chi connectivity index (χ4n) is 2.22. The van der Waals surface area contributed by atoms with Gasteiger partial charge in [0.15, 0.2) is 5.69 Å². The van der Waals surface area contributed by atoms with Gasteiger partial charge in [-0.1, -0.05) is 24.3 Å².